The molecule has 0 N–H and O–H groups in total. The fraction of sp³-hybridized carbons (Fsp3) is 0. The maximum absolute atomic E-state index is 13.5. The number of halogens is 1. The largest absolute Gasteiger partial charge is 0.311 e. The van der Waals surface area contributed by atoms with Gasteiger partial charge in [-0.3, -0.25) is 0 Å². The third kappa shape index (κ3) is 7.94. The first-order chi connectivity index (χ1) is 31.1. The lowest BCUT2D eigenvalue weighted by atomic mass is 10.00. The number of rotatable bonds is 11. The molecule has 0 atom stereocenters. The van der Waals surface area contributed by atoms with Crippen LogP contribution in [0.25, 0.3) is 44.5 Å². The summed E-state index contributed by atoms with van der Waals surface area (Å²) in [5.74, 6) is -0.229. The summed E-state index contributed by atoms with van der Waals surface area (Å²) >= 11 is 0. The van der Waals surface area contributed by atoms with E-state index in [0.717, 1.165) is 44.9 Å². The third-order valence-electron chi connectivity index (χ3n) is 12.2. The molecule has 300 valence electrons. The van der Waals surface area contributed by atoms with Crippen LogP contribution in [0.5, 0.6) is 0 Å². The van der Waals surface area contributed by atoms with E-state index in [2.05, 4.69) is 248 Å². The van der Waals surface area contributed by atoms with Crippen LogP contribution in [0, 0.1) is 5.82 Å². The highest BCUT2D eigenvalue weighted by Crippen LogP contribution is 2.38. The van der Waals surface area contributed by atoms with Gasteiger partial charge in [-0.2, -0.15) is 0 Å². The standard InChI is InChI=1S/C60H44FNSi/c61-53-35-25-48(26-36-53)46-21-23-47(24-22-46)50-29-39-55(40-30-50)62(54-37-27-49(28-38-54)45-13-5-1-6-14-45)56-41-31-51(32-42-56)52-33-43-60(44-34-52)63(57-15-7-2-8-16-57,58-17-9-3-10-18-58)59-19-11-4-12-20-59/h1-44H. The van der Waals surface area contributed by atoms with E-state index in [9.17, 15) is 4.39 Å². The molecule has 10 aromatic rings. The third-order valence-corrected chi connectivity index (χ3v) is 16.9. The van der Waals surface area contributed by atoms with Crippen LogP contribution in [0.1, 0.15) is 0 Å². The van der Waals surface area contributed by atoms with E-state index in [1.54, 1.807) is 0 Å². The highest BCUT2D eigenvalue weighted by atomic mass is 28.3. The second-order valence-corrected chi connectivity index (χ2v) is 19.7. The summed E-state index contributed by atoms with van der Waals surface area (Å²) in [6.07, 6.45) is 0. The quantitative estimate of drug-likeness (QED) is 0.0928. The fourth-order valence-electron chi connectivity index (χ4n) is 8.96. The van der Waals surface area contributed by atoms with E-state index < -0.39 is 8.07 Å². The van der Waals surface area contributed by atoms with Crippen LogP contribution in [0.2, 0.25) is 0 Å². The molecule has 10 aromatic carbocycles. The number of benzene rings is 10. The Labute approximate surface area is 370 Å². The Hall–Kier alpha value is -7.85. The van der Waals surface area contributed by atoms with Crippen molar-refractivity contribution in [3.05, 3.63) is 273 Å². The molecule has 63 heavy (non-hydrogen) atoms. The molecule has 0 aromatic heterocycles. The zero-order valence-electron chi connectivity index (χ0n) is 34.7. The summed E-state index contributed by atoms with van der Waals surface area (Å²) in [6.45, 7) is 0. The fourth-order valence-corrected chi connectivity index (χ4v) is 13.7. The van der Waals surface area contributed by atoms with Crippen LogP contribution in [-0.4, -0.2) is 8.07 Å². The van der Waals surface area contributed by atoms with Crippen LogP contribution >= 0.6 is 0 Å². The van der Waals surface area contributed by atoms with Gasteiger partial charge in [0.2, 0.25) is 0 Å². The van der Waals surface area contributed by atoms with Gasteiger partial charge in [0, 0.05) is 17.1 Å². The molecule has 0 fully saturated rings. The summed E-state index contributed by atoms with van der Waals surface area (Å²) < 4.78 is 13.5. The zero-order valence-corrected chi connectivity index (χ0v) is 35.7. The van der Waals surface area contributed by atoms with Gasteiger partial charge >= 0.3 is 0 Å². The van der Waals surface area contributed by atoms with Crippen molar-refractivity contribution in [3.8, 4) is 44.5 Å². The molecule has 3 heteroatoms. The Morgan fingerprint density at radius 2 is 0.444 bits per heavy atom. The summed E-state index contributed by atoms with van der Waals surface area (Å²) in [6, 6.07) is 94.7. The van der Waals surface area contributed by atoms with Crippen LogP contribution in [0.15, 0.2) is 267 Å². The topological polar surface area (TPSA) is 3.24 Å². The second kappa shape index (κ2) is 17.6. The van der Waals surface area contributed by atoms with E-state index >= 15 is 0 Å². The van der Waals surface area contributed by atoms with Crippen molar-refractivity contribution in [2.45, 2.75) is 0 Å². The molecule has 10 rings (SSSR count). The van der Waals surface area contributed by atoms with Gasteiger partial charge < -0.3 is 4.90 Å². The van der Waals surface area contributed by atoms with Crippen LogP contribution in [0.4, 0.5) is 21.5 Å². The van der Waals surface area contributed by atoms with E-state index in [1.165, 1.54) is 49.6 Å². The zero-order chi connectivity index (χ0) is 42.4. The molecule has 0 unspecified atom stereocenters. The van der Waals surface area contributed by atoms with E-state index in [4.69, 9.17) is 0 Å². The minimum absolute atomic E-state index is 0.229. The van der Waals surface area contributed by atoms with Crippen LogP contribution in [0.3, 0.4) is 0 Å². The molecule has 0 amide bonds. The lowest BCUT2D eigenvalue weighted by Crippen LogP contribution is -2.74. The van der Waals surface area contributed by atoms with Crippen LogP contribution < -0.4 is 25.6 Å². The van der Waals surface area contributed by atoms with Gasteiger partial charge in [0.15, 0.2) is 8.07 Å². The van der Waals surface area contributed by atoms with Gasteiger partial charge in [-0.15, -0.1) is 0 Å². The first kappa shape index (κ1) is 39.3. The van der Waals surface area contributed by atoms with Crippen molar-refractivity contribution >= 4 is 45.9 Å². The van der Waals surface area contributed by atoms with Crippen molar-refractivity contribution < 1.29 is 4.39 Å². The predicted molar refractivity (Wildman–Crippen MR) is 266 cm³/mol. The molecule has 0 saturated heterocycles. The Bertz CT molecular complexity index is 2930. The summed E-state index contributed by atoms with van der Waals surface area (Å²) in [7, 11) is -2.61. The first-order valence-corrected chi connectivity index (χ1v) is 23.4. The Morgan fingerprint density at radius 1 is 0.222 bits per heavy atom. The number of hydrogen-bond donors (Lipinski definition) is 0. The monoisotopic (exact) mass is 825 g/mol. The van der Waals surface area contributed by atoms with Gasteiger partial charge in [0.25, 0.3) is 0 Å². The lowest BCUT2D eigenvalue weighted by Gasteiger charge is -2.34. The van der Waals surface area contributed by atoms with Crippen molar-refractivity contribution in [2.24, 2.45) is 0 Å². The van der Waals surface area contributed by atoms with Crippen molar-refractivity contribution in [1.82, 2.24) is 0 Å². The average molecular weight is 826 g/mol. The lowest BCUT2D eigenvalue weighted by molar-refractivity contribution is 0.628. The number of nitrogens with zero attached hydrogens (tertiary/aromatic N) is 1. The molecule has 0 bridgehead atoms. The maximum Gasteiger partial charge on any atom is 0.179 e. The molecule has 0 spiro atoms. The highest BCUT2D eigenvalue weighted by Gasteiger charge is 2.41. The van der Waals surface area contributed by atoms with Gasteiger partial charge in [0.05, 0.1) is 0 Å². The van der Waals surface area contributed by atoms with Crippen molar-refractivity contribution in [3.63, 3.8) is 0 Å². The Balaban J connectivity index is 0.985. The number of anilines is 3. The molecular formula is C60H44FNSi. The van der Waals surface area contributed by atoms with Crippen LogP contribution in [-0.2, 0) is 0 Å². The van der Waals surface area contributed by atoms with Crippen molar-refractivity contribution in [1.29, 1.82) is 0 Å². The summed E-state index contributed by atoms with van der Waals surface area (Å²) in [5.41, 5.74) is 12.2. The molecule has 0 radical (unpaired) electrons. The maximum atomic E-state index is 13.5. The van der Waals surface area contributed by atoms with E-state index in [0.29, 0.717) is 0 Å². The number of hydrogen-bond acceptors (Lipinski definition) is 1. The normalized spacial score (nSPS) is 11.3. The Morgan fingerprint density at radius 3 is 0.762 bits per heavy atom. The molecule has 0 saturated carbocycles. The van der Waals surface area contributed by atoms with Gasteiger partial charge in [-0.05, 0) is 114 Å². The first-order valence-electron chi connectivity index (χ1n) is 21.4. The molecular weight excluding hydrogens is 782 g/mol. The SMILES string of the molecule is Fc1ccc(-c2ccc(-c3ccc(N(c4ccc(-c5ccccc5)cc4)c4ccc(-c5ccc([Si](c6ccccc6)(c6ccccc6)c6ccccc6)cc5)cc4)cc3)cc2)cc1. The smallest absolute Gasteiger partial charge is 0.179 e. The van der Waals surface area contributed by atoms with E-state index in [-0.39, 0.29) is 5.82 Å². The molecule has 0 heterocycles. The molecule has 1 nitrogen and oxygen atoms in total. The minimum Gasteiger partial charge on any atom is -0.311 e. The summed E-state index contributed by atoms with van der Waals surface area (Å²) in [4.78, 5) is 2.32. The Kier molecular flexibility index (Phi) is 11.0. The molecule has 0 aliphatic carbocycles. The molecule has 0 aliphatic heterocycles. The highest BCUT2D eigenvalue weighted by molar-refractivity contribution is 7.19. The minimum atomic E-state index is -2.61. The van der Waals surface area contributed by atoms with E-state index in [1.807, 2.05) is 12.1 Å². The predicted octanol–water partition coefficient (Wildman–Crippen LogP) is 13.3. The van der Waals surface area contributed by atoms with Gasteiger partial charge in [0.1, 0.15) is 5.82 Å². The summed E-state index contributed by atoms with van der Waals surface area (Å²) in [5, 5.41) is 5.45. The second-order valence-electron chi connectivity index (χ2n) is 15.9. The van der Waals surface area contributed by atoms with Gasteiger partial charge in [-0.1, -0.05) is 218 Å². The molecule has 0 aliphatic rings. The average Bonchev–Trinajstić information content (AvgIpc) is 3.37. The van der Waals surface area contributed by atoms with Gasteiger partial charge in [-0.25, -0.2) is 4.39 Å². The van der Waals surface area contributed by atoms with Crippen molar-refractivity contribution in [2.75, 3.05) is 4.90 Å².